The van der Waals surface area contributed by atoms with Crippen molar-refractivity contribution in [3.8, 4) is 0 Å². The molecule has 2 aromatic rings. The fourth-order valence-electron chi connectivity index (χ4n) is 3.17. The molecule has 140 valence electrons. The zero-order valence-corrected chi connectivity index (χ0v) is 16.5. The topological polar surface area (TPSA) is 66.5 Å². The third-order valence-electron chi connectivity index (χ3n) is 4.53. The van der Waals surface area contributed by atoms with Crippen LogP contribution in [0.25, 0.3) is 0 Å². The Morgan fingerprint density at radius 2 is 1.81 bits per heavy atom. The summed E-state index contributed by atoms with van der Waals surface area (Å²) in [5.74, 6) is -0.134. The van der Waals surface area contributed by atoms with Gasteiger partial charge in [-0.2, -0.15) is 4.72 Å². The Labute approximate surface area is 159 Å². The molecule has 0 bridgehead atoms. The van der Waals surface area contributed by atoms with Crippen molar-refractivity contribution < 1.29 is 13.2 Å². The van der Waals surface area contributed by atoms with Crippen molar-refractivity contribution in [1.82, 2.24) is 9.62 Å². The molecule has 1 aliphatic rings. The number of sulfonamides is 1. The minimum atomic E-state index is -3.72. The number of rotatable bonds is 6. The van der Waals surface area contributed by atoms with E-state index in [9.17, 15) is 13.2 Å². The van der Waals surface area contributed by atoms with Crippen molar-refractivity contribution in [2.45, 2.75) is 42.9 Å². The fourth-order valence-corrected chi connectivity index (χ4v) is 5.65. The summed E-state index contributed by atoms with van der Waals surface area (Å²) in [6, 6.07) is 12.1. The number of nitrogens with zero attached hydrogens (tertiary/aromatic N) is 1. The van der Waals surface area contributed by atoms with Gasteiger partial charge in [0, 0.05) is 18.0 Å². The molecule has 3 rings (SSSR count). The molecule has 0 radical (unpaired) electrons. The molecule has 0 aliphatic carbocycles. The Hall–Kier alpha value is -1.70. The molecule has 1 atom stereocenters. The molecule has 26 heavy (non-hydrogen) atoms. The quantitative estimate of drug-likeness (QED) is 0.822. The maximum atomic E-state index is 13.0. The van der Waals surface area contributed by atoms with Gasteiger partial charge in [0.1, 0.15) is 10.3 Å². The summed E-state index contributed by atoms with van der Waals surface area (Å²) >= 11 is 1.21. The highest BCUT2D eigenvalue weighted by Gasteiger charge is 2.30. The molecule has 1 aromatic heterocycles. The minimum absolute atomic E-state index is 0.134. The number of thiophene rings is 1. The highest BCUT2D eigenvalue weighted by molar-refractivity contribution is 7.91. The van der Waals surface area contributed by atoms with Crippen LogP contribution >= 0.6 is 11.3 Å². The Morgan fingerprint density at radius 1 is 1.12 bits per heavy atom. The molecular formula is C19H24N2O3S2. The first-order valence-electron chi connectivity index (χ1n) is 8.87. The van der Waals surface area contributed by atoms with Crippen LogP contribution in [-0.2, 0) is 21.2 Å². The van der Waals surface area contributed by atoms with E-state index in [-0.39, 0.29) is 10.1 Å². The lowest BCUT2D eigenvalue weighted by Gasteiger charge is -2.30. The smallest absolute Gasteiger partial charge is 0.250 e. The van der Waals surface area contributed by atoms with Gasteiger partial charge >= 0.3 is 0 Å². The Morgan fingerprint density at radius 3 is 2.42 bits per heavy atom. The third-order valence-corrected chi connectivity index (χ3v) is 7.49. The Balaban J connectivity index is 1.83. The zero-order valence-electron chi connectivity index (χ0n) is 14.8. The first-order valence-corrected chi connectivity index (χ1v) is 11.2. The largest absolute Gasteiger partial charge is 0.341 e. The van der Waals surface area contributed by atoms with Crippen molar-refractivity contribution in [3.63, 3.8) is 0 Å². The van der Waals surface area contributed by atoms with Gasteiger partial charge in [-0.05, 0) is 50.3 Å². The number of amides is 1. The standard InChI is InChI=1S/C19H24N2O3S2/c1-15-10-11-18(25-15)26(23,24)20-17(14-16-8-4-2-5-9-16)19(22)21-12-6-3-7-13-21/h2,4-5,8-11,17,20H,3,6-7,12-14H2,1H3/t17-/m0/s1. The first-order chi connectivity index (χ1) is 12.5. The van der Waals surface area contributed by atoms with Crippen LogP contribution in [0.5, 0.6) is 0 Å². The van der Waals surface area contributed by atoms with E-state index in [0.717, 1.165) is 29.7 Å². The lowest BCUT2D eigenvalue weighted by Crippen LogP contribution is -2.50. The van der Waals surface area contributed by atoms with Crippen LogP contribution in [0, 0.1) is 6.92 Å². The number of benzene rings is 1. The van der Waals surface area contributed by atoms with Gasteiger partial charge < -0.3 is 4.90 Å². The van der Waals surface area contributed by atoms with Crippen LogP contribution in [0.3, 0.4) is 0 Å². The minimum Gasteiger partial charge on any atom is -0.341 e. The summed E-state index contributed by atoms with van der Waals surface area (Å²) in [5, 5.41) is 0. The number of carbonyl (C=O) groups is 1. The number of carbonyl (C=O) groups excluding carboxylic acids is 1. The molecule has 1 aliphatic heterocycles. The predicted molar refractivity (Wildman–Crippen MR) is 104 cm³/mol. The summed E-state index contributed by atoms with van der Waals surface area (Å²) < 4.78 is 28.4. The van der Waals surface area contributed by atoms with Crippen LogP contribution in [0.2, 0.25) is 0 Å². The molecule has 1 fully saturated rings. The van der Waals surface area contributed by atoms with Crippen LogP contribution in [0.1, 0.15) is 29.7 Å². The number of hydrogen-bond acceptors (Lipinski definition) is 4. The Kier molecular flexibility index (Phi) is 6.11. The van der Waals surface area contributed by atoms with E-state index in [0.29, 0.717) is 19.5 Å². The van der Waals surface area contributed by atoms with E-state index >= 15 is 0 Å². The lowest BCUT2D eigenvalue weighted by molar-refractivity contribution is -0.133. The average molecular weight is 393 g/mol. The van der Waals surface area contributed by atoms with Crippen LogP contribution in [0.4, 0.5) is 0 Å². The number of aryl methyl sites for hydroxylation is 1. The van der Waals surface area contributed by atoms with Gasteiger partial charge in [0.25, 0.3) is 10.0 Å². The second kappa shape index (κ2) is 8.33. The van der Waals surface area contributed by atoms with Crippen molar-refractivity contribution >= 4 is 27.3 Å². The van der Waals surface area contributed by atoms with Gasteiger partial charge in [-0.1, -0.05) is 30.3 Å². The molecule has 0 unspecified atom stereocenters. The molecule has 2 heterocycles. The predicted octanol–water partition coefficient (Wildman–Crippen LogP) is 2.96. The number of likely N-dealkylation sites (tertiary alicyclic amines) is 1. The maximum absolute atomic E-state index is 13.0. The number of nitrogens with one attached hydrogen (secondary N) is 1. The van der Waals surface area contributed by atoms with Gasteiger partial charge in [-0.3, -0.25) is 4.79 Å². The Bertz CT molecular complexity index is 841. The summed E-state index contributed by atoms with van der Waals surface area (Å²) in [6.07, 6.45) is 3.41. The van der Waals surface area contributed by atoms with E-state index in [1.165, 1.54) is 11.3 Å². The van der Waals surface area contributed by atoms with E-state index in [4.69, 9.17) is 0 Å². The maximum Gasteiger partial charge on any atom is 0.250 e. The highest BCUT2D eigenvalue weighted by Crippen LogP contribution is 2.22. The summed E-state index contributed by atoms with van der Waals surface area (Å²) in [5.41, 5.74) is 0.938. The van der Waals surface area contributed by atoms with Gasteiger partial charge in [0.05, 0.1) is 0 Å². The molecular weight excluding hydrogens is 368 g/mol. The molecule has 5 nitrogen and oxygen atoms in total. The number of piperidine rings is 1. The van der Waals surface area contributed by atoms with Crippen LogP contribution < -0.4 is 4.72 Å². The van der Waals surface area contributed by atoms with Gasteiger partial charge in [0.2, 0.25) is 5.91 Å². The normalized spacial score (nSPS) is 16.4. The van der Waals surface area contributed by atoms with Gasteiger partial charge in [-0.15, -0.1) is 11.3 Å². The summed E-state index contributed by atoms with van der Waals surface area (Å²) in [7, 11) is -3.72. The van der Waals surface area contributed by atoms with Crippen molar-refractivity contribution in [2.75, 3.05) is 13.1 Å². The second-order valence-electron chi connectivity index (χ2n) is 6.61. The van der Waals surface area contributed by atoms with E-state index in [1.54, 1.807) is 17.0 Å². The van der Waals surface area contributed by atoms with Gasteiger partial charge in [0.15, 0.2) is 0 Å². The van der Waals surface area contributed by atoms with Crippen molar-refractivity contribution in [3.05, 3.63) is 52.9 Å². The second-order valence-corrected chi connectivity index (χ2v) is 9.84. The molecule has 1 saturated heterocycles. The first kappa shape index (κ1) is 19.1. The molecule has 1 amide bonds. The third kappa shape index (κ3) is 4.72. The summed E-state index contributed by atoms with van der Waals surface area (Å²) in [4.78, 5) is 15.7. The lowest BCUT2D eigenvalue weighted by atomic mass is 10.0. The van der Waals surface area contributed by atoms with Gasteiger partial charge in [-0.25, -0.2) is 8.42 Å². The summed E-state index contributed by atoms with van der Waals surface area (Å²) in [6.45, 7) is 3.26. The van der Waals surface area contributed by atoms with E-state index in [1.807, 2.05) is 37.3 Å². The van der Waals surface area contributed by atoms with Crippen molar-refractivity contribution in [1.29, 1.82) is 0 Å². The van der Waals surface area contributed by atoms with Crippen LogP contribution in [-0.4, -0.2) is 38.4 Å². The molecule has 1 N–H and O–H groups in total. The monoisotopic (exact) mass is 392 g/mol. The number of hydrogen-bond donors (Lipinski definition) is 1. The highest BCUT2D eigenvalue weighted by atomic mass is 32.2. The zero-order chi connectivity index (χ0) is 18.6. The molecule has 0 saturated carbocycles. The SMILES string of the molecule is Cc1ccc(S(=O)(=O)N[C@@H](Cc2ccccc2)C(=O)N2CCCCC2)s1. The molecule has 7 heteroatoms. The van der Waals surface area contributed by atoms with E-state index < -0.39 is 16.1 Å². The van der Waals surface area contributed by atoms with Crippen molar-refractivity contribution in [2.24, 2.45) is 0 Å². The average Bonchev–Trinajstić information content (AvgIpc) is 3.09. The van der Waals surface area contributed by atoms with E-state index in [2.05, 4.69) is 4.72 Å². The van der Waals surface area contributed by atoms with Crippen LogP contribution in [0.15, 0.2) is 46.7 Å². The fraction of sp³-hybridized carbons (Fsp3) is 0.421. The molecule has 1 aromatic carbocycles. The molecule has 0 spiro atoms.